The van der Waals surface area contributed by atoms with E-state index in [2.05, 4.69) is 5.32 Å². The van der Waals surface area contributed by atoms with Gasteiger partial charge in [0.25, 0.3) is 0 Å². The molecule has 0 bridgehead atoms. The van der Waals surface area contributed by atoms with Crippen molar-refractivity contribution in [3.8, 4) is 0 Å². The molecule has 0 radical (unpaired) electrons. The number of rotatable bonds is 5. The van der Waals surface area contributed by atoms with Gasteiger partial charge in [-0.2, -0.15) is 13.2 Å². The Kier molecular flexibility index (Phi) is 4.70. The summed E-state index contributed by atoms with van der Waals surface area (Å²) in [5.74, 6) is 0. The summed E-state index contributed by atoms with van der Waals surface area (Å²) in [6.07, 6.45) is -4.85. The summed E-state index contributed by atoms with van der Waals surface area (Å²) < 4.78 is 35.1. The van der Waals surface area contributed by atoms with Crippen molar-refractivity contribution in [2.45, 2.75) is 26.4 Å². The molecule has 0 fully saturated rings. The lowest BCUT2D eigenvalue weighted by molar-refractivity contribution is -0.133. The second-order valence-corrected chi connectivity index (χ2v) is 3.91. The van der Waals surface area contributed by atoms with Crippen molar-refractivity contribution in [3.63, 3.8) is 0 Å². The fourth-order valence-electron chi connectivity index (χ4n) is 0.729. The predicted octanol–water partition coefficient (Wildman–Crippen LogP) is 1.51. The molecule has 0 aromatic rings. The Bertz CT molecular complexity index is 143. The molecule has 0 aromatic carbocycles. The zero-order chi connectivity index (χ0) is 10.5. The van der Waals surface area contributed by atoms with E-state index in [-0.39, 0.29) is 12.0 Å². The molecular weight excluding hydrogens is 181 g/mol. The Labute approximate surface area is 76.7 Å². The van der Waals surface area contributed by atoms with Crippen molar-refractivity contribution in [2.24, 2.45) is 11.1 Å². The van der Waals surface area contributed by atoms with Crippen molar-refractivity contribution in [3.05, 3.63) is 0 Å². The zero-order valence-electron chi connectivity index (χ0n) is 8.04. The van der Waals surface area contributed by atoms with Crippen LogP contribution in [0.2, 0.25) is 0 Å². The van der Waals surface area contributed by atoms with Gasteiger partial charge in [-0.05, 0) is 12.0 Å². The van der Waals surface area contributed by atoms with Gasteiger partial charge in [0.05, 0.1) is 6.42 Å². The Hall–Kier alpha value is -0.290. The SMILES string of the molecule is CC(C)(CN)CNCCC(F)(F)F. The average Bonchev–Trinajstić information content (AvgIpc) is 1.97. The molecular formula is C8H17F3N2. The second kappa shape index (κ2) is 4.81. The highest BCUT2D eigenvalue weighted by Gasteiger charge is 2.26. The molecule has 80 valence electrons. The molecule has 13 heavy (non-hydrogen) atoms. The standard InChI is InChI=1S/C8H17F3N2/c1-7(2,5-12)6-13-4-3-8(9,10)11/h13H,3-6,12H2,1-2H3. The van der Waals surface area contributed by atoms with Gasteiger partial charge < -0.3 is 11.1 Å². The van der Waals surface area contributed by atoms with Gasteiger partial charge in [-0.3, -0.25) is 0 Å². The maximum absolute atomic E-state index is 11.7. The Morgan fingerprint density at radius 1 is 1.23 bits per heavy atom. The van der Waals surface area contributed by atoms with E-state index >= 15 is 0 Å². The van der Waals surface area contributed by atoms with E-state index in [0.717, 1.165) is 0 Å². The minimum absolute atomic E-state index is 0.0348. The van der Waals surface area contributed by atoms with Crippen LogP contribution >= 0.6 is 0 Å². The third-order valence-corrected chi connectivity index (χ3v) is 1.74. The van der Waals surface area contributed by atoms with Gasteiger partial charge in [0.2, 0.25) is 0 Å². The maximum atomic E-state index is 11.7. The molecule has 0 saturated carbocycles. The van der Waals surface area contributed by atoms with E-state index in [1.165, 1.54) is 0 Å². The zero-order valence-corrected chi connectivity index (χ0v) is 8.04. The molecule has 0 spiro atoms. The molecule has 0 aliphatic heterocycles. The molecule has 0 saturated heterocycles. The van der Waals surface area contributed by atoms with Crippen LogP contribution in [0.15, 0.2) is 0 Å². The molecule has 0 aliphatic rings. The van der Waals surface area contributed by atoms with Gasteiger partial charge in [0.1, 0.15) is 0 Å². The van der Waals surface area contributed by atoms with Crippen molar-refractivity contribution < 1.29 is 13.2 Å². The van der Waals surface area contributed by atoms with Crippen LogP contribution in [0.1, 0.15) is 20.3 Å². The van der Waals surface area contributed by atoms with E-state index in [4.69, 9.17) is 5.73 Å². The number of nitrogens with two attached hydrogens (primary N) is 1. The van der Waals surface area contributed by atoms with E-state index in [0.29, 0.717) is 13.1 Å². The highest BCUT2D eigenvalue weighted by atomic mass is 19.4. The number of hydrogen-bond acceptors (Lipinski definition) is 2. The topological polar surface area (TPSA) is 38.0 Å². The van der Waals surface area contributed by atoms with Crippen LogP contribution in [-0.4, -0.2) is 25.8 Å². The molecule has 0 aliphatic carbocycles. The summed E-state index contributed by atoms with van der Waals surface area (Å²) in [7, 11) is 0. The largest absolute Gasteiger partial charge is 0.390 e. The fraction of sp³-hybridized carbons (Fsp3) is 1.00. The fourth-order valence-corrected chi connectivity index (χ4v) is 0.729. The first-order valence-corrected chi connectivity index (χ1v) is 4.24. The maximum Gasteiger partial charge on any atom is 0.390 e. The molecule has 0 unspecified atom stereocenters. The minimum atomic E-state index is -4.07. The molecule has 0 heterocycles. The van der Waals surface area contributed by atoms with Crippen LogP contribution in [0, 0.1) is 5.41 Å². The molecule has 2 nitrogen and oxygen atoms in total. The van der Waals surface area contributed by atoms with Crippen LogP contribution in [0.4, 0.5) is 13.2 Å². The predicted molar refractivity (Wildman–Crippen MR) is 46.4 cm³/mol. The van der Waals surface area contributed by atoms with Crippen LogP contribution in [0.25, 0.3) is 0 Å². The van der Waals surface area contributed by atoms with Gasteiger partial charge in [0, 0.05) is 13.1 Å². The van der Waals surface area contributed by atoms with Gasteiger partial charge in [0.15, 0.2) is 0 Å². The van der Waals surface area contributed by atoms with Crippen molar-refractivity contribution in [1.82, 2.24) is 5.32 Å². The van der Waals surface area contributed by atoms with Gasteiger partial charge >= 0.3 is 6.18 Å². The Morgan fingerprint density at radius 2 is 1.77 bits per heavy atom. The Balaban J connectivity index is 3.47. The molecule has 0 amide bonds. The summed E-state index contributed by atoms with van der Waals surface area (Å²) in [6, 6.07) is 0. The number of nitrogens with one attached hydrogen (secondary N) is 1. The highest BCUT2D eigenvalue weighted by molar-refractivity contribution is 4.72. The van der Waals surface area contributed by atoms with Gasteiger partial charge in [-0.1, -0.05) is 13.8 Å². The van der Waals surface area contributed by atoms with Crippen molar-refractivity contribution in [2.75, 3.05) is 19.6 Å². The summed E-state index contributed by atoms with van der Waals surface area (Å²) in [5.41, 5.74) is 5.28. The molecule has 3 N–H and O–H groups in total. The minimum Gasteiger partial charge on any atom is -0.330 e. The molecule has 0 atom stereocenters. The van der Waals surface area contributed by atoms with E-state index in [1.54, 1.807) is 0 Å². The van der Waals surface area contributed by atoms with E-state index < -0.39 is 12.6 Å². The number of hydrogen-bond donors (Lipinski definition) is 2. The third kappa shape index (κ3) is 8.05. The summed E-state index contributed by atoms with van der Waals surface area (Å²) >= 11 is 0. The van der Waals surface area contributed by atoms with Crippen LogP contribution in [-0.2, 0) is 0 Å². The monoisotopic (exact) mass is 198 g/mol. The lowest BCUT2D eigenvalue weighted by Crippen LogP contribution is -2.36. The normalized spacial score (nSPS) is 13.4. The first kappa shape index (κ1) is 12.7. The Morgan fingerprint density at radius 3 is 2.15 bits per heavy atom. The third-order valence-electron chi connectivity index (χ3n) is 1.74. The van der Waals surface area contributed by atoms with Crippen molar-refractivity contribution in [1.29, 1.82) is 0 Å². The average molecular weight is 198 g/mol. The molecule has 5 heteroatoms. The van der Waals surface area contributed by atoms with Crippen molar-refractivity contribution >= 4 is 0 Å². The molecule has 0 rings (SSSR count). The number of alkyl halides is 3. The second-order valence-electron chi connectivity index (χ2n) is 3.91. The quantitative estimate of drug-likeness (QED) is 0.657. The summed E-state index contributed by atoms with van der Waals surface area (Å²) in [4.78, 5) is 0. The van der Waals surface area contributed by atoms with Gasteiger partial charge in [-0.15, -0.1) is 0 Å². The van der Waals surface area contributed by atoms with E-state index in [1.807, 2.05) is 13.8 Å². The number of halogens is 3. The van der Waals surface area contributed by atoms with Crippen LogP contribution < -0.4 is 11.1 Å². The van der Waals surface area contributed by atoms with Gasteiger partial charge in [-0.25, -0.2) is 0 Å². The highest BCUT2D eigenvalue weighted by Crippen LogP contribution is 2.18. The summed E-state index contributed by atoms with van der Waals surface area (Å²) in [6.45, 7) is 4.76. The lowest BCUT2D eigenvalue weighted by atomic mass is 9.94. The first-order valence-electron chi connectivity index (χ1n) is 4.24. The van der Waals surface area contributed by atoms with Crippen LogP contribution in [0.3, 0.4) is 0 Å². The van der Waals surface area contributed by atoms with Crippen LogP contribution in [0.5, 0.6) is 0 Å². The smallest absolute Gasteiger partial charge is 0.330 e. The van der Waals surface area contributed by atoms with E-state index in [9.17, 15) is 13.2 Å². The summed E-state index contributed by atoms with van der Waals surface area (Å²) in [5, 5.41) is 2.73. The molecule has 0 aromatic heterocycles. The first-order chi connectivity index (χ1) is 5.77. The lowest BCUT2D eigenvalue weighted by Gasteiger charge is -2.22.